The molecule has 0 aliphatic carbocycles. The first-order valence-electron chi connectivity index (χ1n) is 7.69. The highest BCUT2D eigenvalue weighted by Crippen LogP contribution is 2.31. The molecule has 0 saturated carbocycles. The Morgan fingerprint density at radius 1 is 1.43 bits per heavy atom. The number of nitrogens with one attached hydrogen (secondary N) is 2. The number of carbonyl (C=O) groups excluding carboxylic acids is 1. The van der Waals surface area contributed by atoms with Crippen LogP contribution in [0.25, 0.3) is 0 Å². The maximum atomic E-state index is 12.4. The van der Waals surface area contributed by atoms with Crippen molar-refractivity contribution in [3.05, 3.63) is 23.8 Å². The summed E-state index contributed by atoms with van der Waals surface area (Å²) in [7, 11) is 0. The maximum absolute atomic E-state index is 12.4. The third-order valence-electron chi connectivity index (χ3n) is 4.20. The van der Waals surface area contributed by atoms with E-state index in [2.05, 4.69) is 17.6 Å². The third-order valence-corrected chi connectivity index (χ3v) is 4.20. The van der Waals surface area contributed by atoms with E-state index in [-0.39, 0.29) is 12.0 Å². The molecule has 5 nitrogen and oxygen atoms in total. The van der Waals surface area contributed by atoms with E-state index < -0.39 is 0 Å². The highest BCUT2D eigenvalue weighted by molar-refractivity contribution is 5.99. The van der Waals surface area contributed by atoms with E-state index in [0.29, 0.717) is 30.4 Å². The van der Waals surface area contributed by atoms with Gasteiger partial charge in [0, 0.05) is 25.6 Å². The minimum absolute atomic E-state index is 0.0719. The van der Waals surface area contributed by atoms with Crippen LogP contribution in [0.3, 0.4) is 0 Å². The standard InChI is InChI=1S/C16H22N2O3/c1-2-14-11(6-8-20-14)10-18-16(19)12-4-3-5-13-15(12)21-9-7-17-13/h3-5,11,14,17H,2,6-10H2,1H3,(H,18,19). The van der Waals surface area contributed by atoms with Gasteiger partial charge in [0.05, 0.1) is 17.4 Å². The summed E-state index contributed by atoms with van der Waals surface area (Å²) < 4.78 is 11.3. The molecule has 2 aliphatic heterocycles. The summed E-state index contributed by atoms with van der Waals surface area (Å²) in [6, 6.07) is 5.62. The molecule has 0 spiro atoms. The Labute approximate surface area is 125 Å². The molecular weight excluding hydrogens is 268 g/mol. The SMILES string of the molecule is CCC1OCCC1CNC(=O)c1cccc2c1OCCN2. The molecule has 1 saturated heterocycles. The summed E-state index contributed by atoms with van der Waals surface area (Å²) in [4.78, 5) is 12.4. The van der Waals surface area contributed by atoms with Crippen LogP contribution in [0.1, 0.15) is 30.1 Å². The first kappa shape index (κ1) is 14.2. The van der Waals surface area contributed by atoms with Gasteiger partial charge in [0.2, 0.25) is 0 Å². The summed E-state index contributed by atoms with van der Waals surface area (Å²) in [5.41, 5.74) is 1.50. The molecule has 21 heavy (non-hydrogen) atoms. The number of fused-ring (bicyclic) bond motifs is 1. The molecule has 5 heteroatoms. The van der Waals surface area contributed by atoms with E-state index in [0.717, 1.165) is 31.7 Å². The lowest BCUT2D eigenvalue weighted by atomic mass is 9.99. The summed E-state index contributed by atoms with van der Waals surface area (Å²) in [5.74, 6) is 1.01. The molecule has 1 aromatic rings. The zero-order valence-electron chi connectivity index (χ0n) is 12.4. The summed E-state index contributed by atoms with van der Waals surface area (Å²) in [6.07, 6.45) is 2.28. The first-order chi connectivity index (χ1) is 10.3. The number of anilines is 1. The lowest BCUT2D eigenvalue weighted by Crippen LogP contribution is -2.33. The number of hydrogen-bond acceptors (Lipinski definition) is 4. The topological polar surface area (TPSA) is 59.6 Å². The van der Waals surface area contributed by atoms with Gasteiger partial charge in [-0.3, -0.25) is 4.79 Å². The van der Waals surface area contributed by atoms with Crippen molar-refractivity contribution in [3.8, 4) is 5.75 Å². The molecule has 0 radical (unpaired) electrons. The van der Waals surface area contributed by atoms with Gasteiger partial charge in [0.25, 0.3) is 5.91 Å². The average Bonchev–Trinajstić information content (AvgIpc) is 2.99. The van der Waals surface area contributed by atoms with Gasteiger partial charge in [0.15, 0.2) is 5.75 Å². The van der Waals surface area contributed by atoms with Gasteiger partial charge in [-0.15, -0.1) is 0 Å². The largest absolute Gasteiger partial charge is 0.489 e. The smallest absolute Gasteiger partial charge is 0.255 e. The van der Waals surface area contributed by atoms with Gasteiger partial charge >= 0.3 is 0 Å². The molecule has 2 unspecified atom stereocenters. The van der Waals surface area contributed by atoms with Crippen LogP contribution in [-0.4, -0.2) is 38.3 Å². The number of amides is 1. The highest BCUT2D eigenvalue weighted by atomic mass is 16.5. The Morgan fingerprint density at radius 3 is 3.19 bits per heavy atom. The predicted molar refractivity (Wildman–Crippen MR) is 80.9 cm³/mol. The molecule has 0 aromatic heterocycles. The average molecular weight is 290 g/mol. The van der Waals surface area contributed by atoms with E-state index in [1.807, 2.05) is 18.2 Å². The van der Waals surface area contributed by atoms with E-state index in [9.17, 15) is 4.79 Å². The summed E-state index contributed by atoms with van der Waals surface area (Å²) in [5, 5.41) is 6.27. The third kappa shape index (κ3) is 2.97. The second kappa shape index (κ2) is 6.35. The maximum Gasteiger partial charge on any atom is 0.255 e. The number of benzene rings is 1. The van der Waals surface area contributed by atoms with Gasteiger partial charge in [-0.2, -0.15) is 0 Å². The summed E-state index contributed by atoms with van der Waals surface area (Å²) >= 11 is 0. The van der Waals surface area contributed by atoms with Crippen LogP contribution in [0, 0.1) is 5.92 Å². The molecule has 1 aromatic carbocycles. The van der Waals surface area contributed by atoms with Gasteiger partial charge in [-0.1, -0.05) is 13.0 Å². The lowest BCUT2D eigenvalue weighted by molar-refractivity contribution is 0.0825. The van der Waals surface area contributed by atoms with Crippen LogP contribution >= 0.6 is 0 Å². The number of ether oxygens (including phenoxy) is 2. The zero-order valence-corrected chi connectivity index (χ0v) is 12.4. The van der Waals surface area contributed by atoms with Crippen molar-refractivity contribution < 1.29 is 14.3 Å². The summed E-state index contributed by atoms with van der Waals surface area (Å²) in [6.45, 7) is 4.94. The lowest BCUT2D eigenvalue weighted by Gasteiger charge is -2.22. The van der Waals surface area contributed by atoms with Crippen LogP contribution in [0.15, 0.2) is 18.2 Å². The van der Waals surface area contributed by atoms with Crippen molar-refractivity contribution in [2.75, 3.05) is 31.6 Å². The molecular formula is C16H22N2O3. The molecule has 2 N–H and O–H groups in total. The van der Waals surface area contributed by atoms with Crippen molar-refractivity contribution in [1.82, 2.24) is 5.32 Å². The molecule has 2 aliphatic rings. The number of rotatable bonds is 4. The minimum Gasteiger partial charge on any atom is -0.489 e. The Kier molecular flexibility index (Phi) is 4.29. The van der Waals surface area contributed by atoms with Crippen LogP contribution in [0.4, 0.5) is 5.69 Å². The quantitative estimate of drug-likeness (QED) is 0.891. The van der Waals surface area contributed by atoms with Crippen molar-refractivity contribution in [3.63, 3.8) is 0 Å². The number of para-hydroxylation sites is 1. The minimum atomic E-state index is -0.0719. The Hall–Kier alpha value is -1.75. The van der Waals surface area contributed by atoms with Gasteiger partial charge < -0.3 is 20.1 Å². The monoisotopic (exact) mass is 290 g/mol. The van der Waals surface area contributed by atoms with Crippen LogP contribution < -0.4 is 15.4 Å². The van der Waals surface area contributed by atoms with Crippen molar-refractivity contribution >= 4 is 11.6 Å². The van der Waals surface area contributed by atoms with Gasteiger partial charge in [-0.05, 0) is 25.0 Å². The molecule has 2 atom stereocenters. The Morgan fingerprint density at radius 2 is 2.33 bits per heavy atom. The predicted octanol–water partition coefficient (Wildman–Crippen LogP) is 2.04. The molecule has 0 bridgehead atoms. The first-order valence-corrected chi connectivity index (χ1v) is 7.69. The molecule has 1 fully saturated rings. The normalized spacial score (nSPS) is 23.9. The van der Waals surface area contributed by atoms with E-state index >= 15 is 0 Å². The zero-order chi connectivity index (χ0) is 14.7. The fourth-order valence-electron chi connectivity index (χ4n) is 3.05. The van der Waals surface area contributed by atoms with Crippen molar-refractivity contribution in [1.29, 1.82) is 0 Å². The van der Waals surface area contributed by atoms with Crippen molar-refractivity contribution in [2.24, 2.45) is 5.92 Å². The molecule has 3 rings (SSSR count). The Balaban J connectivity index is 1.66. The number of carbonyl (C=O) groups is 1. The Bertz CT molecular complexity index is 518. The molecule has 114 valence electrons. The van der Waals surface area contributed by atoms with Crippen LogP contribution in [0.2, 0.25) is 0 Å². The van der Waals surface area contributed by atoms with E-state index in [1.54, 1.807) is 0 Å². The highest BCUT2D eigenvalue weighted by Gasteiger charge is 2.27. The molecule has 1 amide bonds. The van der Waals surface area contributed by atoms with E-state index in [1.165, 1.54) is 0 Å². The number of hydrogen-bond donors (Lipinski definition) is 2. The second-order valence-corrected chi connectivity index (χ2v) is 5.53. The fraction of sp³-hybridized carbons (Fsp3) is 0.562. The van der Waals surface area contributed by atoms with Crippen molar-refractivity contribution in [2.45, 2.75) is 25.9 Å². The van der Waals surface area contributed by atoms with Crippen LogP contribution in [0.5, 0.6) is 5.75 Å². The fourth-order valence-corrected chi connectivity index (χ4v) is 3.05. The second-order valence-electron chi connectivity index (χ2n) is 5.53. The van der Waals surface area contributed by atoms with Gasteiger partial charge in [-0.25, -0.2) is 0 Å². The van der Waals surface area contributed by atoms with E-state index in [4.69, 9.17) is 9.47 Å². The van der Waals surface area contributed by atoms with Crippen LogP contribution in [-0.2, 0) is 4.74 Å². The molecule has 2 heterocycles. The van der Waals surface area contributed by atoms with Gasteiger partial charge in [0.1, 0.15) is 6.61 Å².